The van der Waals surface area contributed by atoms with E-state index < -0.39 is 0 Å². The summed E-state index contributed by atoms with van der Waals surface area (Å²) < 4.78 is 0. The summed E-state index contributed by atoms with van der Waals surface area (Å²) in [7, 11) is 3.86. The number of halogens is 2. The quantitative estimate of drug-likeness (QED) is 0.887. The number of rotatable bonds is 2. The Kier molecular flexibility index (Phi) is 7.75. The van der Waals surface area contributed by atoms with E-state index >= 15 is 0 Å². The van der Waals surface area contributed by atoms with Crippen molar-refractivity contribution in [1.82, 2.24) is 15.2 Å². The number of hydrogen-bond acceptors (Lipinski definition) is 4. The normalized spacial score (nSPS) is 14.1. The standard InChI is InChI=1S/C12H18N4O.2ClH/c1-15(2)11-4-3-10(9-14-11)12(17)16-7-5-13-6-8-16;;/h3-4,9,13H,5-8H2,1-2H3;2*1H. The van der Waals surface area contributed by atoms with Crippen LogP contribution < -0.4 is 10.2 Å². The average Bonchev–Trinajstić information content (AvgIpc) is 2.39. The maximum atomic E-state index is 12.1. The largest absolute Gasteiger partial charge is 0.363 e. The van der Waals surface area contributed by atoms with Crippen molar-refractivity contribution in [3.63, 3.8) is 0 Å². The molecular weight excluding hydrogens is 287 g/mol. The molecule has 0 atom stereocenters. The van der Waals surface area contributed by atoms with Crippen molar-refractivity contribution in [2.45, 2.75) is 0 Å². The minimum Gasteiger partial charge on any atom is -0.363 e. The Morgan fingerprint density at radius 2 is 1.89 bits per heavy atom. The van der Waals surface area contributed by atoms with Crippen molar-refractivity contribution in [3.8, 4) is 0 Å². The molecule has 5 nitrogen and oxygen atoms in total. The summed E-state index contributed by atoms with van der Waals surface area (Å²) in [4.78, 5) is 20.2. The minimum absolute atomic E-state index is 0. The van der Waals surface area contributed by atoms with Crippen LogP contribution >= 0.6 is 24.8 Å². The van der Waals surface area contributed by atoms with Gasteiger partial charge in [0, 0.05) is 46.5 Å². The summed E-state index contributed by atoms with van der Waals surface area (Å²) >= 11 is 0. The van der Waals surface area contributed by atoms with Gasteiger partial charge in [0.05, 0.1) is 5.56 Å². The van der Waals surface area contributed by atoms with E-state index in [1.807, 2.05) is 36.0 Å². The monoisotopic (exact) mass is 306 g/mol. The third-order valence-corrected chi connectivity index (χ3v) is 2.86. The fourth-order valence-corrected chi connectivity index (χ4v) is 1.83. The number of amides is 1. The second-order valence-electron chi connectivity index (χ2n) is 4.34. The SMILES string of the molecule is CN(C)c1ccc(C(=O)N2CCNCC2)cn1.Cl.Cl. The van der Waals surface area contributed by atoms with Gasteiger partial charge in [0.2, 0.25) is 0 Å². The predicted molar refractivity (Wildman–Crippen MR) is 81.8 cm³/mol. The van der Waals surface area contributed by atoms with E-state index in [9.17, 15) is 4.79 Å². The van der Waals surface area contributed by atoms with Crippen molar-refractivity contribution >= 4 is 36.5 Å². The summed E-state index contributed by atoms with van der Waals surface area (Å²) in [5, 5.41) is 3.23. The second-order valence-corrected chi connectivity index (χ2v) is 4.34. The van der Waals surface area contributed by atoms with E-state index in [1.54, 1.807) is 6.20 Å². The van der Waals surface area contributed by atoms with Crippen molar-refractivity contribution in [1.29, 1.82) is 0 Å². The molecule has 1 aromatic heterocycles. The van der Waals surface area contributed by atoms with E-state index in [1.165, 1.54) is 0 Å². The van der Waals surface area contributed by atoms with Gasteiger partial charge in [-0.15, -0.1) is 24.8 Å². The molecule has 108 valence electrons. The van der Waals surface area contributed by atoms with Crippen molar-refractivity contribution in [2.75, 3.05) is 45.2 Å². The number of piperazine rings is 1. The molecule has 2 rings (SSSR count). The van der Waals surface area contributed by atoms with Gasteiger partial charge in [-0.3, -0.25) is 4.79 Å². The van der Waals surface area contributed by atoms with Crippen LogP contribution in [0.1, 0.15) is 10.4 Å². The Bertz CT molecular complexity index is 391. The van der Waals surface area contributed by atoms with Gasteiger partial charge < -0.3 is 15.1 Å². The van der Waals surface area contributed by atoms with E-state index in [-0.39, 0.29) is 30.7 Å². The maximum absolute atomic E-state index is 12.1. The molecule has 1 aliphatic rings. The number of anilines is 1. The number of pyridine rings is 1. The van der Waals surface area contributed by atoms with Crippen molar-refractivity contribution in [3.05, 3.63) is 23.9 Å². The van der Waals surface area contributed by atoms with Gasteiger partial charge in [0.15, 0.2) is 0 Å². The number of aromatic nitrogens is 1. The van der Waals surface area contributed by atoms with Gasteiger partial charge in [-0.05, 0) is 12.1 Å². The Hall–Kier alpha value is -1.04. The fourth-order valence-electron chi connectivity index (χ4n) is 1.83. The van der Waals surface area contributed by atoms with E-state index in [0.717, 1.165) is 32.0 Å². The highest BCUT2D eigenvalue weighted by Gasteiger charge is 2.17. The molecular formula is C12H20Cl2N4O. The van der Waals surface area contributed by atoms with Gasteiger partial charge >= 0.3 is 0 Å². The highest BCUT2D eigenvalue weighted by molar-refractivity contribution is 5.94. The predicted octanol–water partition coefficient (Wildman–Crippen LogP) is 1.04. The molecule has 0 bridgehead atoms. The van der Waals surface area contributed by atoms with Crippen LogP contribution in [0, 0.1) is 0 Å². The number of nitrogens with one attached hydrogen (secondary N) is 1. The molecule has 19 heavy (non-hydrogen) atoms. The molecule has 0 saturated carbocycles. The summed E-state index contributed by atoms with van der Waals surface area (Å²) in [5.74, 6) is 0.936. The lowest BCUT2D eigenvalue weighted by Crippen LogP contribution is -2.46. The Balaban J connectivity index is 0.00000162. The summed E-state index contributed by atoms with van der Waals surface area (Å²) in [6, 6.07) is 3.71. The first-order chi connectivity index (χ1) is 8.18. The first kappa shape index (κ1) is 18.0. The number of carbonyl (C=O) groups is 1. The van der Waals surface area contributed by atoms with E-state index in [4.69, 9.17) is 0 Å². The molecule has 0 spiro atoms. The zero-order valence-electron chi connectivity index (χ0n) is 11.1. The molecule has 1 saturated heterocycles. The minimum atomic E-state index is 0. The van der Waals surface area contributed by atoms with Gasteiger partial charge in [0.1, 0.15) is 5.82 Å². The van der Waals surface area contributed by atoms with Crippen LogP contribution in [0.2, 0.25) is 0 Å². The van der Waals surface area contributed by atoms with Gasteiger partial charge in [-0.1, -0.05) is 0 Å². The number of carbonyl (C=O) groups excluding carboxylic acids is 1. The highest BCUT2D eigenvalue weighted by atomic mass is 35.5. The lowest BCUT2D eigenvalue weighted by molar-refractivity contribution is 0.0735. The molecule has 1 aromatic rings. The molecule has 0 radical (unpaired) electrons. The lowest BCUT2D eigenvalue weighted by Gasteiger charge is -2.27. The van der Waals surface area contributed by atoms with Gasteiger partial charge in [-0.2, -0.15) is 0 Å². The van der Waals surface area contributed by atoms with Crippen LogP contribution in [0.25, 0.3) is 0 Å². The van der Waals surface area contributed by atoms with Crippen LogP contribution in [0.4, 0.5) is 5.82 Å². The Labute approximate surface area is 126 Å². The summed E-state index contributed by atoms with van der Waals surface area (Å²) in [6.07, 6.45) is 1.65. The van der Waals surface area contributed by atoms with Crippen molar-refractivity contribution < 1.29 is 4.79 Å². The topological polar surface area (TPSA) is 48.5 Å². The Morgan fingerprint density at radius 1 is 1.26 bits per heavy atom. The molecule has 0 unspecified atom stereocenters. The zero-order chi connectivity index (χ0) is 12.3. The number of nitrogens with zero attached hydrogens (tertiary/aromatic N) is 3. The Morgan fingerprint density at radius 3 is 2.37 bits per heavy atom. The third kappa shape index (κ3) is 4.53. The highest BCUT2D eigenvalue weighted by Crippen LogP contribution is 2.10. The lowest BCUT2D eigenvalue weighted by atomic mass is 10.2. The van der Waals surface area contributed by atoms with E-state index in [0.29, 0.717) is 5.56 Å². The van der Waals surface area contributed by atoms with Crippen LogP contribution in [0.3, 0.4) is 0 Å². The second kappa shape index (κ2) is 8.19. The summed E-state index contributed by atoms with van der Waals surface area (Å²) in [6.45, 7) is 3.28. The molecule has 0 aliphatic carbocycles. The molecule has 1 amide bonds. The van der Waals surface area contributed by atoms with Crippen LogP contribution in [0.5, 0.6) is 0 Å². The average molecular weight is 307 g/mol. The van der Waals surface area contributed by atoms with Crippen LogP contribution in [0.15, 0.2) is 18.3 Å². The van der Waals surface area contributed by atoms with E-state index in [2.05, 4.69) is 10.3 Å². The van der Waals surface area contributed by atoms with Gasteiger partial charge in [-0.25, -0.2) is 4.98 Å². The molecule has 1 aliphatic heterocycles. The molecule has 0 aromatic carbocycles. The first-order valence-corrected chi connectivity index (χ1v) is 5.82. The summed E-state index contributed by atoms with van der Waals surface area (Å²) in [5.41, 5.74) is 0.664. The molecule has 7 heteroatoms. The van der Waals surface area contributed by atoms with Crippen LogP contribution in [-0.4, -0.2) is 56.1 Å². The van der Waals surface area contributed by atoms with Gasteiger partial charge in [0.25, 0.3) is 5.91 Å². The first-order valence-electron chi connectivity index (χ1n) is 5.82. The number of hydrogen-bond donors (Lipinski definition) is 1. The van der Waals surface area contributed by atoms with Crippen LogP contribution in [-0.2, 0) is 0 Å². The fraction of sp³-hybridized carbons (Fsp3) is 0.500. The third-order valence-electron chi connectivity index (χ3n) is 2.86. The molecule has 2 heterocycles. The zero-order valence-corrected chi connectivity index (χ0v) is 12.8. The maximum Gasteiger partial charge on any atom is 0.255 e. The molecule has 1 fully saturated rings. The smallest absolute Gasteiger partial charge is 0.255 e. The van der Waals surface area contributed by atoms with Crippen molar-refractivity contribution in [2.24, 2.45) is 0 Å². The molecule has 1 N–H and O–H groups in total.